The molecule has 2 aliphatic rings. The Labute approximate surface area is 200 Å². The van der Waals surface area contributed by atoms with Crippen LogP contribution in [0.5, 0.6) is 0 Å². The molecule has 0 unspecified atom stereocenters. The van der Waals surface area contributed by atoms with E-state index in [0.29, 0.717) is 25.9 Å². The van der Waals surface area contributed by atoms with Crippen molar-refractivity contribution in [2.75, 3.05) is 11.9 Å². The molecule has 172 valence electrons. The van der Waals surface area contributed by atoms with Crippen molar-refractivity contribution in [2.24, 2.45) is 0 Å². The fourth-order valence-corrected chi connectivity index (χ4v) is 4.28. The van der Waals surface area contributed by atoms with Crippen molar-refractivity contribution in [1.29, 1.82) is 0 Å². The fraction of sp³-hybridized carbons (Fsp3) is 0.200. The number of para-hydroxylation sites is 1. The predicted octanol–water partition coefficient (Wildman–Crippen LogP) is 6.53. The van der Waals surface area contributed by atoms with Crippen LogP contribution in [-0.2, 0) is 27.2 Å². The van der Waals surface area contributed by atoms with Crippen LogP contribution in [0.3, 0.4) is 0 Å². The molecule has 0 saturated carbocycles. The van der Waals surface area contributed by atoms with Crippen molar-refractivity contribution in [3.05, 3.63) is 102 Å². The third-order valence-electron chi connectivity index (χ3n) is 5.85. The molecule has 4 heteroatoms. The molecule has 34 heavy (non-hydrogen) atoms. The SMILES string of the molecule is CCOC(=O)CCCc1ccccc1NC(=O)Cc1cc(-c2ccccc2)c2cccccc1-2. The first kappa shape index (κ1) is 23.2. The molecular formula is C30H29NO3. The lowest BCUT2D eigenvalue weighted by atomic mass is 10.0. The first-order chi connectivity index (χ1) is 16.7. The second-order valence-corrected chi connectivity index (χ2v) is 8.23. The number of hydrogen-bond acceptors (Lipinski definition) is 3. The number of ether oxygens (including phenoxy) is 1. The quantitative estimate of drug-likeness (QED) is 0.295. The van der Waals surface area contributed by atoms with Crippen LogP contribution < -0.4 is 5.32 Å². The van der Waals surface area contributed by atoms with E-state index in [4.69, 9.17) is 4.74 Å². The van der Waals surface area contributed by atoms with Gasteiger partial charge in [-0.05, 0) is 65.3 Å². The van der Waals surface area contributed by atoms with Crippen LogP contribution in [0.1, 0.15) is 30.9 Å². The van der Waals surface area contributed by atoms with Crippen molar-refractivity contribution >= 4 is 17.6 Å². The molecule has 2 aromatic rings. The van der Waals surface area contributed by atoms with Gasteiger partial charge in [-0.3, -0.25) is 9.59 Å². The van der Waals surface area contributed by atoms with Gasteiger partial charge >= 0.3 is 5.97 Å². The Balaban J connectivity index is 1.50. The molecule has 0 aromatic heterocycles. The smallest absolute Gasteiger partial charge is 0.305 e. The highest BCUT2D eigenvalue weighted by Gasteiger charge is 2.18. The highest BCUT2D eigenvalue weighted by Crippen LogP contribution is 2.38. The van der Waals surface area contributed by atoms with Gasteiger partial charge < -0.3 is 10.1 Å². The van der Waals surface area contributed by atoms with E-state index in [-0.39, 0.29) is 18.3 Å². The molecule has 0 bridgehead atoms. The Morgan fingerprint density at radius 2 is 1.44 bits per heavy atom. The van der Waals surface area contributed by atoms with E-state index in [9.17, 15) is 9.59 Å². The molecule has 1 amide bonds. The molecule has 2 aliphatic carbocycles. The number of nitrogens with one attached hydrogen (secondary N) is 1. The fourth-order valence-electron chi connectivity index (χ4n) is 4.28. The number of rotatable bonds is 9. The van der Waals surface area contributed by atoms with E-state index in [1.54, 1.807) is 0 Å². The Morgan fingerprint density at radius 1 is 0.765 bits per heavy atom. The monoisotopic (exact) mass is 451 g/mol. The summed E-state index contributed by atoms with van der Waals surface area (Å²) in [6.07, 6.45) is 2.03. The van der Waals surface area contributed by atoms with Crippen LogP contribution in [0.25, 0.3) is 22.3 Å². The van der Waals surface area contributed by atoms with Gasteiger partial charge in [-0.2, -0.15) is 0 Å². The molecule has 4 nitrogen and oxygen atoms in total. The van der Waals surface area contributed by atoms with E-state index in [1.165, 1.54) is 0 Å². The lowest BCUT2D eigenvalue weighted by Gasteiger charge is -2.11. The van der Waals surface area contributed by atoms with E-state index < -0.39 is 0 Å². The molecule has 0 saturated heterocycles. The number of aryl methyl sites for hydroxylation is 1. The number of carbonyl (C=O) groups excluding carboxylic acids is 2. The van der Waals surface area contributed by atoms with Gasteiger partial charge in [0, 0.05) is 12.1 Å². The van der Waals surface area contributed by atoms with Gasteiger partial charge in [0.1, 0.15) is 0 Å². The van der Waals surface area contributed by atoms with E-state index in [0.717, 1.165) is 39.1 Å². The van der Waals surface area contributed by atoms with Crippen LogP contribution in [0, 0.1) is 0 Å². The van der Waals surface area contributed by atoms with Crippen molar-refractivity contribution in [3.8, 4) is 22.3 Å². The summed E-state index contributed by atoms with van der Waals surface area (Å²) >= 11 is 0. The van der Waals surface area contributed by atoms with E-state index >= 15 is 0 Å². The zero-order valence-electron chi connectivity index (χ0n) is 19.4. The molecule has 0 heterocycles. The Hall–Kier alpha value is -3.92. The minimum atomic E-state index is -0.186. The average Bonchev–Trinajstić information content (AvgIpc) is 3.01. The van der Waals surface area contributed by atoms with Crippen molar-refractivity contribution in [2.45, 2.75) is 32.6 Å². The van der Waals surface area contributed by atoms with Crippen LogP contribution in [-0.4, -0.2) is 18.5 Å². The van der Waals surface area contributed by atoms with Crippen LogP contribution >= 0.6 is 0 Å². The zero-order chi connectivity index (χ0) is 23.8. The molecule has 0 spiro atoms. The average molecular weight is 452 g/mol. The summed E-state index contributed by atoms with van der Waals surface area (Å²) in [6.45, 7) is 2.20. The maximum Gasteiger partial charge on any atom is 0.305 e. The maximum atomic E-state index is 13.1. The topological polar surface area (TPSA) is 55.4 Å². The van der Waals surface area contributed by atoms with Gasteiger partial charge in [-0.25, -0.2) is 0 Å². The van der Waals surface area contributed by atoms with Crippen molar-refractivity contribution in [1.82, 2.24) is 0 Å². The minimum absolute atomic E-state index is 0.0594. The first-order valence-electron chi connectivity index (χ1n) is 11.7. The van der Waals surface area contributed by atoms with Gasteiger partial charge in [-0.1, -0.05) is 78.9 Å². The lowest BCUT2D eigenvalue weighted by Crippen LogP contribution is -2.15. The number of carbonyl (C=O) groups is 2. The van der Waals surface area contributed by atoms with Gasteiger partial charge in [0.05, 0.1) is 13.0 Å². The summed E-state index contributed by atoms with van der Waals surface area (Å²) < 4.78 is 5.01. The molecule has 0 radical (unpaired) electrons. The standard InChI is InChI=1S/C30H29NO3/c1-2-34-30(33)19-11-15-23-14-9-10-18-28(23)31-29(32)21-24-20-27(22-12-5-3-6-13-22)26-17-8-4-7-16-25(24)26/h3-10,12-14,16-18,20H,2,11,15,19,21H2,1H3,(H,31,32). The maximum absolute atomic E-state index is 13.1. The second kappa shape index (κ2) is 11.3. The van der Waals surface area contributed by atoms with Gasteiger partial charge in [0.2, 0.25) is 5.91 Å². The van der Waals surface area contributed by atoms with Crippen LogP contribution in [0.2, 0.25) is 0 Å². The Kier molecular flexibility index (Phi) is 7.71. The largest absolute Gasteiger partial charge is 0.466 e. The number of fused-ring (bicyclic) bond motifs is 1. The molecule has 0 aliphatic heterocycles. The molecule has 0 atom stereocenters. The lowest BCUT2D eigenvalue weighted by molar-refractivity contribution is -0.143. The third kappa shape index (κ3) is 5.70. The number of amides is 1. The molecule has 2 aromatic carbocycles. The highest BCUT2D eigenvalue weighted by atomic mass is 16.5. The molecule has 0 fully saturated rings. The van der Waals surface area contributed by atoms with Gasteiger partial charge in [0.25, 0.3) is 0 Å². The first-order valence-corrected chi connectivity index (χ1v) is 11.7. The Morgan fingerprint density at radius 3 is 2.21 bits per heavy atom. The number of hydrogen-bond donors (Lipinski definition) is 1. The van der Waals surface area contributed by atoms with E-state index in [1.807, 2.05) is 67.6 Å². The summed E-state index contributed by atoms with van der Waals surface area (Å²) in [7, 11) is 0. The van der Waals surface area contributed by atoms with Crippen molar-refractivity contribution in [3.63, 3.8) is 0 Å². The summed E-state index contributed by atoms with van der Waals surface area (Å²) in [5.74, 6) is -0.245. The molecular weight excluding hydrogens is 422 g/mol. The normalized spacial score (nSPS) is 10.7. The summed E-state index contributed by atoms with van der Waals surface area (Å²) in [5.41, 5.74) is 7.30. The van der Waals surface area contributed by atoms with Crippen LogP contribution in [0.4, 0.5) is 5.69 Å². The number of benzene rings is 2. The molecule has 4 rings (SSSR count). The second-order valence-electron chi connectivity index (χ2n) is 8.23. The molecule has 1 N–H and O–H groups in total. The van der Waals surface area contributed by atoms with Gasteiger partial charge in [0.15, 0.2) is 0 Å². The third-order valence-corrected chi connectivity index (χ3v) is 5.85. The zero-order valence-corrected chi connectivity index (χ0v) is 19.4. The summed E-state index contributed by atoms with van der Waals surface area (Å²) in [4.78, 5) is 24.7. The van der Waals surface area contributed by atoms with E-state index in [2.05, 4.69) is 35.6 Å². The predicted molar refractivity (Wildman–Crippen MR) is 137 cm³/mol. The number of anilines is 1. The summed E-state index contributed by atoms with van der Waals surface area (Å²) in [5, 5.41) is 3.09. The van der Waals surface area contributed by atoms with Gasteiger partial charge in [-0.15, -0.1) is 0 Å². The Bertz CT molecular complexity index is 1230. The highest BCUT2D eigenvalue weighted by molar-refractivity contribution is 5.97. The summed E-state index contributed by atoms with van der Waals surface area (Å²) in [6, 6.07) is 30.4. The van der Waals surface area contributed by atoms with Crippen molar-refractivity contribution < 1.29 is 14.3 Å². The minimum Gasteiger partial charge on any atom is -0.466 e. The number of esters is 1. The van der Waals surface area contributed by atoms with Crippen LogP contribution in [0.15, 0.2) is 91.0 Å².